The molecule has 0 spiro atoms. The maximum absolute atomic E-state index is 11.8. The van der Waals surface area contributed by atoms with Gasteiger partial charge in [-0.3, -0.25) is 9.59 Å². The van der Waals surface area contributed by atoms with Crippen molar-refractivity contribution in [3.05, 3.63) is 28.2 Å². The first-order valence-electron chi connectivity index (χ1n) is 5.10. The average molecular weight is 240 g/mol. The third-order valence-corrected chi connectivity index (χ3v) is 2.13. The summed E-state index contributed by atoms with van der Waals surface area (Å²) in [6.07, 6.45) is 0. The van der Waals surface area contributed by atoms with Crippen molar-refractivity contribution in [3.8, 4) is 0 Å². The van der Waals surface area contributed by atoms with E-state index in [1.807, 2.05) is 0 Å². The normalized spacial score (nSPS) is 12.2. The molecule has 0 aliphatic carbocycles. The summed E-state index contributed by atoms with van der Waals surface area (Å²) in [5, 5.41) is 5.86. The topological polar surface area (TPSA) is 101 Å². The molecule has 94 valence electrons. The van der Waals surface area contributed by atoms with Crippen LogP contribution in [0.25, 0.3) is 0 Å². The summed E-state index contributed by atoms with van der Waals surface area (Å²) in [6, 6.07) is 2.37. The lowest BCUT2D eigenvalue weighted by molar-refractivity contribution is 0.0757. The van der Waals surface area contributed by atoms with Crippen LogP contribution in [-0.2, 0) is 4.74 Å². The summed E-state index contributed by atoms with van der Waals surface area (Å²) < 4.78 is 4.88. The van der Waals surface area contributed by atoms with Gasteiger partial charge in [-0.1, -0.05) is 0 Å². The minimum Gasteiger partial charge on any atom is -0.383 e. The number of aromatic amines is 1. The SMILES string of the molecule is COCC(N)CN(C)C(=O)c1ccc(=O)[nH]n1. The largest absolute Gasteiger partial charge is 0.383 e. The summed E-state index contributed by atoms with van der Waals surface area (Å²) in [6.45, 7) is 0.726. The third kappa shape index (κ3) is 3.97. The number of H-pyrrole nitrogens is 1. The maximum atomic E-state index is 11.8. The summed E-state index contributed by atoms with van der Waals surface area (Å²) >= 11 is 0. The Hall–Kier alpha value is -1.73. The van der Waals surface area contributed by atoms with Crippen LogP contribution in [0.2, 0.25) is 0 Å². The van der Waals surface area contributed by atoms with Crippen LogP contribution in [0.1, 0.15) is 10.5 Å². The molecule has 0 fully saturated rings. The second-order valence-electron chi connectivity index (χ2n) is 3.71. The molecule has 3 N–H and O–H groups in total. The number of methoxy groups -OCH3 is 1. The molecule has 0 radical (unpaired) electrons. The van der Waals surface area contributed by atoms with Crippen molar-refractivity contribution in [2.75, 3.05) is 27.3 Å². The van der Waals surface area contributed by atoms with Gasteiger partial charge < -0.3 is 15.4 Å². The van der Waals surface area contributed by atoms with Crippen molar-refractivity contribution in [3.63, 3.8) is 0 Å². The summed E-state index contributed by atoms with van der Waals surface area (Å²) in [5.41, 5.74) is 5.56. The van der Waals surface area contributed by atoms with E-state index >= 15 is 0 Å². The quantitative estimate of drug-likeness (QED) is 0.674. The fourth-order valence-electron chi connectivity index (χ4n) is 1.36. The van der Waals surface area contributed by atoms with E-state index in [-0.39, 0.29) is 23.2 Å². The number of amides is 1. The van der Waals surface area contributed by atoms with Crippen LogP contribution >= 0.6 is 0 Å². The average Bonchev–Trinajstić information content (AvgIpc) is 2.29. The Kier molecular flexibility index (Phi) is 4.80. The lowest BCUT2D eigenvalue weighted by Gasteiger charge is -2.20. The number of carbonyl (C=O) groups is 1. The molecule has 1 atom stereocenters. The molecule has 7 heteroatoms. The Morgan fingerprint density at radius 3 is 2.88 bits per heavy atom. The Balaban J connectivity index is 2.63. The lowest BCUT2D eigenvalue weighted by Crippen LogP contribution is -2.41. The number of likely N-dealkylation sites (N-methyl/N-ethyl adjacent to an activating group) is 1. The molecule has 1 heterocycles. The van der Waals surface area contributed by atoms with Crippen molar-refractivity contribution in [1.82, 2.24) is 15.1 Å². The van der Waals surface area contributed by atoms with Gasteiger partial charge in [-0.05, 0) is 6.07 Å². The molecule has 17 heavy (non-hydrogen) atoms. The number of nitrogens with one attached hydrogen (secondary N) is 1. The second kappa shape index (κ2) is 6.12. The molecule has 0 saturated heterocycles. The smallest absolute Gasteiger partial charge is 0.274 e. The minimum absolute atomic E-state index is 0.178. The van der Waals surface area contributed by atoms with Gasteiger partial charge in [0.25, 0.3) is 11.5 Å². The summed E-state index contributed by atoms with van der Waals surface area (Å²) in [7, 11) is 3.16. The molecule has 1 unspecified atom stereocenters. The predicted molar refractivity (Wildman–Crippen MR) is 61.7 cm³/mol. The van der Waals surface area contributed by atoms with Crippen LogP contribution in [0.4, 0.5) is 0 Å². The number of nitrogens with two attached hydrogens (primary N) is 1. The zero-order valence-electron chi connectivity index (χ0n) is 9.84. The minimum atomic E-state index is -0.347. The van der Waals surface area contributed by atoms with Crippen LogP contribution in [0.5, 0.6) is 0 Å². The van der Waals surface area contributed by atoms with Gasteiger partial charge in [-0.2, -0.15) is 5.10 Å². The van der Waals surface area contributed by atoms with Crippen LogP contribution in [0.15, 0.2) is 16.9 Å². The highest BCUT2D eigenvalue weighted by atomic mass is 16.5. The fraction of sp³-hybridized carbons (Fsp3) is 0.500. The third-order valence-electron chi connectivity index (χ3n) is 2.13. The van der Waals surface area contributed by atoms with E-state index in [1.54, 1.807) is 14.2 Å². The Bertz CT molecular complexity index is 411. The number of hydrogen-bond acceptors (Lipinski definition) is 5. The number of nitrogens with zero attached hydrogens (tertiary/aromatic N) is 2. The number of rotatable bonds is 5. The van der Waals surface area contributed by atoms with Gasteiger partial charge in [-0.25, -0.2) is 5.10 Å². The zero-order valence-corrected chi connectivity index (χ0v) is 9.84. The molecular formula is C10H16N4O3. The number of ether oxygens (including phenoxy) is 1. The number of hydrogen-bond donors (Lipinski definition) is 2. The molecule has 0 bridgehead atoms. The van der Waals surface area contributed by atoms with Crippen LogP contribution in [-0.4, -0.2) is 54.4 Å². The molecule has 0 saturated carbocycles. The lowest BCUT2D eigenvalue weighted by atomic mass is 10.3. The van der Waals surface area contributed by atoms with E-state index in [0.29, 0.717) is 13.2 Å². The molecular weight excluding hydrogens is 224 g/mol. The van der Waals surface area contributed by atoms with E-state index in [4.69, 9.17) is 10.5 Å². The maximum Gasteiger partial charge on any atom is 0.274 e. The molecule has 1 amide bonds. The van der Waals surface area contributed by atoms with Gasteiger partial charge in [0, 0.05) is 32.8 Å². The number of carbonyl (C=O) groups excluding carboxylic acids is 1. The summed E-state index contributed by atoms with van der Waals surface area (Å²) in [4.78, 5) is 24.1. The molecule has 0 aliphatic heterocycles. The van der Waals surface area contributed by atoms with Crippen molar-refractivity contribution in [1.29, 1.82) is 0 Å². The van der Waals surface area contributed by atoms with Crippen LogP contribution in [0, 0.1) is 0 Å². The van der Waals surface area contributed by atoms with Gasteiger partial charge in [-0.15, -0.1) is 0 Å². The molecule has 1 rings (SSSR count). The van der Waals surface area contributed by atoms with E-state index in [0.717, 1.165) is 0 Å². The first-order valence-corrected chi connectivity index (χ1v) is 5.10. The van der Waals surface area contributed by atoms with Crippen LogP contribution in [0.3, 0.4) is 0 Å². The molecule has 1 aromatic rings. The van der Waals surface area contributed by atoms with Crippen LogP contribution < -0.4 is 11.3 Å². The monoisotopic (exact) mass is 240 g/mol. The van der Waals surface area contributed by atoms with Crippen molar-refractivity contribution in [2.45, 2.75) is 6.04 Å². The highest BCUT2D eigenvalue weighted by Gasteiger charge is 2.15. The highest BCUT2D eigenvalue weighted by molar-refractivity contribution is 5.91. The van der Waals surface area contributed by atoms with Gasteiger partial charge in [0.2, 0.25) is 0 Å². The fourth-order valence-corrected chi connectivity index (χ4v) is 1.36. The van der Waals surface area contributed by atoms with Crippen molar-refractivity contribution in [2.24, 2.45) is 5.73 Å². The standard InChI is InChI=1S/C10H16N4O3/c1-14(5-7(11)6-17-2)10(16)8-3-4-9(15)13-12-8/h3-4,7H,5-6,11H2,1-2H3,(H,13,15). The van der Waals surface area contributed by atoms with Crippen molar-refractivity contribution >= 4 is 5.91 Å². The van der Waals surface area contributed by atoms with Gasteiger partial charge in [0.15, 0.2) is 0 Å². The van der Waals surface area contributed by atoms with Gasteiger partial charge in [0.05, 0.1) is 6.61 Å². The van der Waals surface area contributed by atoms with E-state index in [2.05, 4.69) is 10.2 Å². The molecule has 7 nitrogen and oxygen atoms in total. The number of aromatic nitrogens is 2. The van der Waals surface area contributed by atoms with E-state index < -0.39 is 0 Å². The molecule has 0 aromatic carbocycles. The Labute approximate surface area is 98.6 Å². The molecule has 0 aliphatic rings. The Morgan fingerprint density at radius 2 is 2.35 bits per heavy atom. The summed E-state index contributed by atoms with van der Waals surface area (Å²) in [5.74, 6) is -0.298. The predicted octanol–water partition coefficient (Wildman–Crippen LogP) is -1.18. The highest BCUT2D eigenvalue weighted by Crippen LogP contribution is 1.97. The van der Waals surface area contributed by atoms with Gasteiger partial charge >= 0.3 is 0 Å². The zero-order chi connectivity index (χ0) is 12.8. The Morgan fingerprint density at radius 1 is 1.65 bits per heavy atom. The molecule has 1 aromatic heterocycles. The first kappa shape index (κ1) is 13.3. The first-order chi connectivity index (χ1) is 8.04. The van der Waals surface area contributed by atoms with Crippen molar-refractivity contribution < 1.29 is 9.53 Å². The van der Waals surface area contributed by atoms with E-state index in [1.165, 1.54) is 17.0 Å². The second-order valence-corrected chi connectivity index (χ2v) is 3.71. The van der Waals surface area contributed by atoms with E-state index in [9.17, 15) is 9.59 Å². The van der Waals surface area contributed by atoms with Gasteiger partial charge in [0.1, 0.15) is 5.69 Å².